The quantitative estimate of drug-likeness (QED) is 0.589. The SMILES string of the molecule is Cn1cc(C(=O)OC(C(N)=O)c2ccc(Br)cc2F)c(Cc2ccccc2)n1. The van der Waals surface area contributed by atoms with Gasteiger partial charge in [-0.25, -0.2) is 9.18 Å². The number of hydrogen-bond acceptors (Lipinski definition) is 4. The number of amides is 1. The monoisotopic (exact) mass is 445 g/mol. The van der Waals surface area contributed by atoms with Crippen LogP contribution in [0.5, 0.6) is 0 Å². The molecule has 3 rings (SSSR count). The topological polar surface area (TPSA) is 87.2 Å². The first kappa shape index (κ1) is 19.8. The summed E-state index contributed by atoms with van der Waals surface area (Å²) in [7, 11) is 1.67. The molecular weight excluding hydrogens is 429 g/mol. The number of carbonyl (C=O) groups excluding carboxylic acids is 2. The van der Waals surface area contributed by atoms with Gasteiger partial charge in [0.1, 0.15) is 11.4 Å². The Morgan fingerprint density at radius 2 is 1.96 bits per heavy atom. The molecule has 0 saturated carbocycles. The molecule has 1 heterocycles. The largest absolute Gasteiger partial charge is 0.443 e. The van der Waals surface area contributed by atoms with E-state index in [0.717, 1.165) is 5.56 Å². The molecule has 0 aliphatic carbocycles. The molecule has 1 aromatic heterocycles. The maximum atomic E-state index is 14.2. The number of carbonyl (C=O) groups is 2. The number of ether oxygens (including phenoxy) is 1. The van der Waals surface area contributed by atoms with Crippen LogP contribution in [-0.2, 0) is 23.0 Å². The molecule has 28 heavy (non-hydrogen) atoms. The summed E-state index contributed by atoms with van der Waals surface area (Å²) >= 11 is 3.14. The van der Waals surface area contributed by atoms with Gasteiger partial charge in [0.2, 0.25) is 6.10 Å². The predicted octanol–water partition coefficient (Wildman–Crippen LogP) is 3.30. The molecule has 144 valence electrons. The van der Waals surface area contributed by atoms with E-state index in [1.807, 2.05) is 30.3 Å². The number of esters is 1. The van der Waals surface area contributed by atoms with Gasteiger partial charge in [-0.15, -0.1) is 0 Å². The third-order valence-corrected chi connectivity index (χ3v) is 4.56. The Morgan fingerprint density at radius 1 is 1.25 bits per heavy atom. The molecule has 1 unspecified atom stereocenters. The third kappa shape index (κ3) is 4.45. The summed E-state index contributed by atoms with van der Waals surface area (Å²) in [5, 5.41) is 4.30. The van der Waals surface area contributed by atoms with Crippen LogP contribution in [0.2, 0.25) is 0 Å². The second kappa shape index (κ2) is 8.35. The van der Waals surface area contributed by atoms with Gasteiger partial charge < -0.3 is 10.5 Å². The summed E-state index contributed by atoms with van der Waals surface area (Å²) in [4.78, 5) is 24.6. The van der Waals surface area contributed by atoms with E-state index in [1.165, 1.54) is 29.1 Å². The van der Waals surface area contributed by atoms with Crippen molar-refractivity contribution < 1.29 is 18.7 Å². The minimum atomic E-state index is -1.55. The number of aryl methyl sites for hydroxylation is 1. The van der Waals surface area contributed by atoms with Gasteiger partial charge in [-0.3, -0.25) is 9.48 Å². The summed E-state index contributed by atoms with van der Waals surface area (Å²) < 4.78 is 21.5. The summed E-state index contributed by atoms with van der Waals surface area (Å²) in [6.45, 7) is 0. The second-order valence-electron chi connectivity index (χ2n) is 6.18. The Bertz CT molecular complexity index is 1020. The predicted molar refractivity (Wildman–Crippen MR) is 104 cm³/mol. The van der Waals surface area contributed by atoms with Crippen molar-refractivity contribution in [1.29, 1.82) is 0 Å². The van der Waals surface area contributed by atoms with Gasteiger partial charge in [-0.05, 0) is 17.7 Å². The number of aromatic nitrogens is 2. The van der Waals surface area contributed by atoms with E-state index in [0.29, 0.717) is 16.6 Å². The average molecular weight is 446 g/mol. The Kier molecular flexibility index (Phi) is 5.89. The molecule has 0 aliphatic rings. The molecule has 0 spiro atoms. The Balaban J connectivity index is 1.88. The lowest BCUT2D eigenvalue weighted by Crippen LogP contribution is -2.27. The number of halogens is 2. The zero-order chi connectivity index (χ0) is 20.3. The number of nitrogens with two attached hydrogens (primary N) is 1. The molecular formula is C20H17BrFN3O3. The van der Waals surface area contributed by atoms with E-state index in [1.54, 1.807) is 7.05 Å². The second-order valence-corrected chi connectivity index (χ2v) is 7.09. The highest BCUT2D eigenvalue weighted by Gasteiger charge is 2.28. The Labute approximate surface area is 169 Å². The van der Waals surface area contributed by atoms with Crippen LogP contribution in [0.3, 0.4) is 0 Å². The summed E-state index contributed by atoms with van der Waals surface area (Å²) in [6, 6.07) is 13.5. The van der Waals surface area contributed by atoms with Crippen LogP contribution in [0.25, 0.3) is 0 Å². The lowest BCUT2D eigenvalue weighted by atomic mass is 10.1. The van der Waals surface area contributed by atoms with E-state index in [9.17, 15) is 14.0 Å². The highest BCUT2D eigenvalue weighted by Crippen LogP contribution is 2.25. The molecule has 2 aromatic carbocycles. The zero-order valence-electron chi connectivity index (χ0n) is 14.9. The maximum Gasteiger partial charge on any atom is 0.342 e. The fourth-order valence-corrected chi connectivity index (χ4v) is 3.12. The van der Waals surface area contributed by atoms with Crippen molar-refractivity contribution in [2.75, 3.05) is 0 Å². The van der Waals surface area contributed by atoms with Crippen LogP contribution < -0.4 is 5.73 Å². The summed E-state index contributed by atoms with van der Waals surface area (Å²) in [6.07, 6.45) is 0.349. The van der Waals surface area contributed by atoms with E-state index in [2.05, 4.69) is 21.0 Å². The molecule has 2 N–H and O–H groups in total. The van der Waals surface area contributed by atoms with Crippen molar-refractivity contribution in [2.45, 2.75) is 12.5 Å². The van der Waals surface area contributed by atoms with Crippen LogP contribution in [-0.4, -0.2) is 21.7 Å². The minimum absolute atomic E-state index is 0.113. The van der Waals surface area contributed by atoms with Crippen LogP contribution in [0.4, 0.5) is 4.39 Å². The zero-order valence-corrected chi connectivity index (χ0v) is 16.5. The highest BCUT2D eigenvalue weighted by atomic mass is 79.9. The number of benzene rings is 2. The first-order valence-corrected chi connectivity index (χ1v) is 9.16. The molecule has 3 aromatic rings. The van der Waals surface area contributed by atoms with Gasteiger partial charge in [-0.2, -0.15) is 5.10 Å². The van der Waals surface area contributed by atoms with Crippen molar-refractivity contribution in [1.82, 2.24) is 9.78 Å². The van der Waals surface area contributed by atoms with Gasteiger partial charge in [-0.1, -0.05) is 52.3 Å². The molecule has 1 atom stereocenters. The van der Waals surface area contributed by atoms with Crippen LogP contribution in [0.15, 0.2) is 59.2 Å². The van der Waals surface area contributed by atoms with Crippen molar-refractivity contribution in [3.63, 3.8) is 0 Å². The van der Waals surface area contributed by atoms with Gasteiger partial charge in [0.05, 0.1) is 5.69 Å². The number of nitrogens with zero attached hydrogens (tertiary/aromatic N) is 2. The minimum Gasteiger partial charge on any atom is -0.443 e. The highest BCUT2D eigenvalue weighted by molar-refractivity contribution is 9.10. The maximum absolute atomic E-state index is 14.2. The van der Waals surface area contributed by atoms with Crippen molar-refractivity contribution in [3.05, 3.63) is 87.4 Å². The fraction of sp³-hybridized carbons (Fsp3) is 0.150. The van der Waals surface area contributed by atoms with Crippen LogP contribution in [0.1, 0.15) is 33.3 Å². The van der Waals surface area contributed by atoms with Crippen molar-refractivity contribution in [2.24, 2.45) is 12.8 Å². The lowest BCUT2D eigenvalue weighted by molar-refractivity contribution is -0.127. The van der Waals surface area contributed by atoms with Gasteiger partial charge in [0.25, 0.3) is 5.91 Å². The molecule has 6 nitrogen and oxygen atoms in total. The average Bonchev–Trinajstić information content (AvgIpc) is 3.01. The molecule has 0 saturated heterocycles. The molecule has 0 bridgehead atoms. The molecule has 0 radical (unpaired) electrons. The van der Waals surface area contributed by atoms with Gasteiger partial charge in [0, 0.05) is 29.7 Å². The Hall–Kier alpha value is -3.00. The Morgan fingerprint density at radius 3 is 2.61 bits per heavy atom. The number of hydrogen-bond donors (Lipinski definition) is 1. The molecule has 0 aliphatic heterocycles. The van der Waals surface area contributed by atoms with Crippen molar-refractivity contribution >= 4 is 27.8 Å². The van der Waals surface area contributed by atoms with E-state index < -0.39 is 23.8 Å². The van der Waals surface area contributed by atoms with Crippen LogP contribution in [0, 0.1) is 5.82 Å². The lowest BCUT2D eigenvalue weighted by Gasteiger charge is -2.16. The van der Waals surface area contributed by atoms with Crippen LogP contribution >= 0.6 is 15.9 Å². The summed E-state index contributed by atoms with van der Waals surface area (Å²) in [5.74, 6) is -2.48. The smallest absolute Gasteiger partial charge is 0.342 e. The van der Waals surface area contributed by atoms with Gasteiger partial charge in [0.15, 0.2) is 0 Å². The summed E-state index contributed by atoms with van der Waals surface area (Å²) in [5.41, 5.74) is 6.87. The standard InChI is InChI=1S/C20H17BrFN3O3/c1-25-11-15(17(24-25)9-12-5-3-2-4-6-12)20(27)28-18(19(23)26)14-8-7-13(21)10-16(14)22/h2-8,10-11,18H,9H2,1H3,(H2,23,26). The fourth-order valence-electron chi connectivity index (χ4n) is 2.78. The van der Waals surface area contributed by atoms with Crippen molar-refractivity contribution in [3.8, 4) is 0 Å². The first-order valence-electron chi connectivity index (χ1n) is 8.37. The number of primary amides is 1. The van der Waals surface area contributed by atoms with E-state index in [-0.39, 0.29) is 11.1 Å². The molecule has 0 fully saturated rings. The van der Waals surface area contributed by atoms with E-state index in [4.69, 9.17) is 10.5 Å². The first-order chi connectivity index (χ1) is 13.3. The number of rotatable bonds is 6. The molecule has 1 amide bonds. The third-order valence-electron chi connectivity index (χ3n) is 4.07. The van der Waals surface area contributed by atoms with Gasteiger partial charge >= 0.3 is 5.97 Å². The normalized spacial score (nSPS) is 11.8. The van der Waals surface area contributed by atoms with E-state index >= 15 is 0 Å². The molecule has 8 heteroatoms.